The van der Waals surface area contributed by atoms with Crippen LogP contribution in [-0.2, 0) is 4.79 Å². The topological polar surface area (TPSA) is 81.2 Å². The number of anilines is 1. The van der Waals surface area contributed by atoms with E-state index in [9.17, 15) is 4.79 Å². The van der Waals surface area contributed by atoms with Gasteiger partial charge in [0.25, 0.3) is 11.1 Å². The summed E-state index contributed by atoms with van der Waals surface area (Å²) in [5, 5.41) is 11.2. The summed E-state index contributed by atoms with van der Waals surface area (Å²) >= 11 is 1.20. The van der Waals surface area contributed by atoms with Crippen molar-refractivity contribution in [2.24, 2.45) is 0 Å². The Kier molecular flexibility index (Phi) is 4.71. The fourth-order valence-electron chi connectivity index (χ4n) is 2.18. The lowest BCUT2D eigenvalue weighted by Gasteiger charge is -2.09. The number of rotatable bonds is 5. The summed E-state index contributed by atoms with van der Waals surface area (Å²) in [7, 11) is 0. The number of amides is 1. The lowest BCUT2D eigenvalue weighted by Crippen LogP contribution is -2.15. The number of hydrogen-bond donors (Lipinski definition) is 1. The molecule has 2 heterocycles. The summed E-state index contributed by atoms with van der Waals surface area (Å²) in [6, 6.07) is 7.59. The Morgan fingerprint density at radius 1 is 1.21 bits per heavy atom. The van der Waals surface area contributed by atoms with Gasteiger partial charge in [0.15, 0.2) is 0 Å². The molecular formula is C17H17N3O3S. The van der Waals surface area contributed by atoms with E-state index in [0.29, 0.717) is 16.9 Å². The van der Waals surface area contributed by atoms with Crippen molar-refractivity contribution in [3.05, 3.63) is 47.4 Å². The second-order valence-corrected chi connectivity index (χ2v) is 6.27. The van der Waals surface area contributed by atoms with E-state index in [1.165, 1.54) is 11.8 Å². The minimum absolute atomic E-state index is 0.118. The van der Waals surface area contributed by atoms with E-state index in [2.05, 4.69) is 15.5 Å². The molecule has 1 amide bonds. The number of benzene rings is 1. The molecule has 0 aliphatic heterocycles. The van der Waals surface area contributed by atoms with E-state index in [4.69, 9.17) is 8.83 Å². The van der Waals surface area contributed by atoms with Gasteiger partial charge in [-0.2, -0.15) is 0 Å². The van der Waals surface area contributed by atoms with Gasteiger partial charge in [-0.05, 0) is 44.0 Å². The Balaban J connectivity index is 1.60. The first-order valence-electron chi connectivity index (χ1n) is 7.41. The van der Waals surface area contributed by atoms with Crippen LogP contribution in [0.4, 0.5) is 5.69 Å². The summed E-state index contributed by atoms with van der Waals surface area (Å²) in [6.45, 7) is 5.82. The van der Waals surface area contributed by atoms with Crippen LogP contribution < -0.4 is 5.32 Å². The van der Waals surface area contributed by atoms with Gasteiger partial charge in [-0.15, -0.1) is 10.2 Å². The molecule has 3 aromatic rings. The van der Waals surface area contributed by atoms with E-state index < -0.39 is 0 Å². The number of aryl methyl sites for hydroxylation is 2. The highest BCUT2D eigenvalue weighted by molar-refractivity contribution is 7.99. The maximum Gasteiger partial charge on any atom is 0.277 e. The summed E-state index contributed by atoms with van der Waals surface area (Å²) in [5.41, 5.74) is 3.78. The van der Waals surface area contributed by atoms with E-state index in [-0.39, 0.29) is 11.7 Å². The predicted molar refractivity (Wildman–Crippen MR) is 92.0 cm³/mol. The lowest BCUT2D eigenvalue weighted by molar-refractivity contribution is -0.113. The molecule has 1 aromatic carbocycles. The highest BCUT2D eigenvalue weighted by Gasteiger charge is 2.14. The largest absolute Gasteiger partial charge is 0.469 e. The zero-order chi connectivity index (χ0) is 17.1. The first-order valence-corrected chi connectivity index (χ1v) is 8.40. The van der Waals surface area contributed by atoms with E-state index in [1.807, 2.05) is 39.0 Å². The first kappa shape index (κ1) is 16.3. The summed E-state index contributed by atoms with van der Waals surface area (Å²) in [6.07, 6.45) is 1.57. The van der Waals surface area contributed by atoms with Crippen LogP contribution in [0.3, 0.4) is 0 Å². The highest BCUT2D eigenvalue weighted by atomic mass is 32.2. The molecule has 2 aromatic heterocycles. The lowest BCUT2D eigenvalue weighted by atomic mass is 10.1. The Hall–Kier alpha value is -2.54. The van der Waals surface area contributed by atoms with Crippen molar-refractivity contribution in [2.75, 3.05) is 11.1 Å². The van der Waals surface area contributed by atoms with E-state index in [0.717, 1.165) is 22.4 Å². The fraction of sp³-hybridized carbons (Fsp3) is 0.235. The third kappa shape index (κ3) is 3.51. The number of furan rings is 1. The first-order chi connectivity index (χ1) is 11.5. The van der Waals surface area contributed by atoms with Crippen LogP contribution in [0, 0.1) is 20.8 Å². The van der Waals surface area contributed by atoms with E-state index >= 15 is 0 Å². The third-order valence-electron chi connectivity index (χ3n) is 3.70. The quantitative estimate of drug-likeness (QED) is 0.706. The number of carbonyl (C=O) groups is 1. The SMILES string of the molecule is Cc1cccc(NC(=O)CSc2nnc(-c3ccoc3C)o2)c1C. The van der Waals surface area contributed by atoms with Crippen molar-refractivity contribution < 1.29 is 13.6 Å². The average molecular weight is 343 g/mol. The molecule has 0 bridgehead atoms. The van der Waals surface area contributed by atoms with Crippen LogP contribution in [0.2, 0.25) is 0 Å². The number of nitrogens with zero attached hydrogens (tertiary/aromatic N) is 2. The predicted octanol–water partition coefficient (Wildman–Crippen LogP) is 3.99. The molecule has 0 radical (unpaired) electrons. The molecule has 3 rings (SSSR count). The maximum absolute atomic E-state index is 12.1. The molecule has 124 valence electrons. The molecule has 0 unspecified atom stereocenters. The summed E-state index contributed by atoms with van der Waals surface area (Å²) in [5.74, 6) is 1.17. The standard InChI is InChI=1S/C17H17N3O3S/c1-10-5-4-6-14(11(10)2)18-15(21)9-24-17-20-19-16(23-17)13-7-8-22-12(13)3/h4-8H,9H2,1-3H3,(H,18,21). The molecular weight excluding hydrogens is 326 g/mol. The number of nitrogens with one attached hydrogen (secondary N) is 1. The Morgan fingerprint density at radius 3 is 2.79 bits per heavy atom. The van der Waals surface area contributed by atoms with Gasteiger partial charge in [-0.25, -0.2) is 0 Å². The van der Waals surface area contributed by atoms with Gasteiger partial charge >= 0.3 is 0 Å². The van der Waals surface area contributed by atoms with Crippen LogP contribution in [0.1, 0.15) is 16.9 Å². The second-order valence-electron chi connectivity index (χ2n) is 5.35. The Morgan fingerprint density at radius 2 is 2.04 bits per heavy atom. The number of hydrogen-bond acceptors (Lipinski definition) is 6. The molecule has 6 nitrogen and oxygen atoms in total. The Labute approximate surface area is 143 Å². The van der Waals surface area contributed by atoms with Crippen LogP contribution in [0.25, 0.3) is 11.5 Å². The van der Waals surface area contributed by atoms with Crippen molar-refractivity contribution in [2.45, 2.75) is 26.0 Å². The zero-order valence-corrected chi connectivity index (χ0v) is 14.4. The second kappa shape index (κ2) is 6.92. The molecule has 0 spiro atoms. The highest BCUT2D eigenvalue weighted by Crippen LogP contribution is 2.26. The number of thioether (sulfide) groups is 1. The van der Waals surface area contributed by atoms with Gasteiger partial charge in [-0.3, -0.25) is 4.79 Å². The maximum atomic E-state index is 12.1. The monoisotopic (exact) mass is 343 g/mol. The molecule has 0 saturated carbocycles. The van der Waals surface area contributed by atoms with Gasteiger partial charge < -0.3 is 14.2 Å². The minimum Gasteiger partial charge on any atom is -0.469 e. The molecule has 0 aliphatic rings. The average Bonchev–Trinajstić information content (AvgIpc) is 3.18. The van der Waals surface area contributed by atoms with Crippen molar-refractivity contribution in [3.63, 3.8) is 0 Å². The van der Waals surface area contributed by atoms with E-state index in [1.54, 1.807) is 12.3 Å². The van der Waals surface area contributed by atoms with Gasteiger partial charge in [0.05, 0.1) is 17.6 Å². The number of aromatic nitrogens is 2. The summed E-state index contributed by atoms with van der Waals surface area (Å²) < 4.78 is 10.8. The molecule has 24 heavy (non-hydrogen) atoms. The number of carbonyl (C=O) groups excluding carboxylic acids is 1. The van der Waals surface area contributed by atoms with Crippen molar-refractivity contribution >= 4 is 23.4 Å². The van der Waals surface area contributed by atoms with Crippen molar-refractivity contribution in [1.29, 1.82) is 0 Å². The van der Waals surface area contributed by atoms with Gasteiger partial charge in [0, 0.05) is 5.69 Å². The molecule has 0 aliphatic carbocycles. The van der Waals surface area contributed by atoms with Crippen LogP contribution >= 0.6 is 11.8 Å². The normalized spacial score (nSPS) is 10.8. The summed E-state index contributed by atoms with van der Waals surface area (Å²) in [4.78, 5) is 12.1. The van der Waals surface area contributed by atoms with Gasteiger partial charge in [-0.1, -0.05) is 23.9 Å². The molecule has 0 saturated heterocycles. The molecule has 0 fully saturated rings. The van der Waals surface area contributed by atoms with Crippen LogP contribution in [-0.4, -0.2) is 21.9 Å². The van der Waals surface area contributed by atoms with Gasteiger partial charge in [0.1, 0.15) is 5.76 Å². The van der Waals surface area contributed by atoms with Gasteiger partial charge in [0.2, 0.25) is 5.91 Å². The smallest absolute Gasteiger partial charge is 0.277 e. The third-order valence-corrected chi connectivity index (χ3v) is 4.52. The minimum atomic E-state index is -0.118. The van der Waals surface area contributed by atoms with Crippen molar-refractivity contribution in [3.8, 4) is 11.5 Å². The van der Waals surface area contributed by atoms with Crippen molar-refractivity contribution in [1.82, 2.24) is 10.2 Å². The van der Waals surface area contributed by atoms with Crippen LogP contribution in [0.5, 0.6) is 0 Å². The molecule has 1 N–H and O–H groups in total. The molecule has 7 heteroatoms. The fourth-order valence-corrected chi connectivity index (χ4v) is 2.75. The van der Waals surface area contributed by atoms with Crippen LogP contribution in [0.15, 0.2) is 44.6 Å². The Bertz CT molecular complexity index is 870. The molecule has 0 atom stereocenters. The zero-order valence-electron chi connectivity index (χ0n) is 13.6.